The molecule has 2 atom stereocenters. The fraction of sp³-hybridized carbons (Fsp3) is 0.950. The van der Waals surface area contributed by atoms with Crippen LogP contribution in [0.4, 0.5) is 0 Å². The van der Waals surface area contributed by atoms with Crippen LogP contribution in [-0.2, 0) is 14.8 Å². The highest BCUT2D eigenvalue weighted by Gasteiger charge is 2.36. The highest BCUT2D eigenvalue weighted by molar-refractivity contribution is 7.89. The van der Waals surface area contributed by atoms with E-state index in [1.165, 1.54) is 32.1 Å². The predicted molar refractivity (Wildman–Crippen MR) is 108 cm³/mol. The van der Waals surface area contributed by atoms with Gasteiger partial charge in [-0.1, -0.05) is 32.6 Å². The van der Waals surface area contributed by atoms with Crippen molar-refractivity contribution in [3.8, 4) is 0 Å². The Morgan fingerprint density at radius 2 is 1.63 bits per heavy atom. The van der Waals surface area contributed by atoms with Gasteiger partial charge in [-0.2, -0.15) is 4.31 Å². The average molecular weight is 400 g/mol. The molecule has 0 aromatic heterocycles. The van der Waals surface area contributed by atoms with E-state index < -0.39 is 10.0 Å². The highest BCUT2D eigenvalue weighted by atomic mass is 32.2. The van der Waals surface area contributed by atoms with Gasteiger partial charge >= 0.3 is 0 Å². The Morgan fingerprint density at radius 3 is 2.37 bits per heavy atom. The maximum atomic E-state index is 12.9. The van der Waals surface area contributed by atoms with E-state index in [9.17, 15) is 13.2 Å². The molecule has 2 heterocycles. The predicted octanol–water partition coefficient (Wildman–Crippen LogP) is 2.31. The summed E-state index contributed by atoms with van der Waals surface area (Å²) in [6.45, 7) is 5.82. The number of fused-ring (bicyclic) bond motifs is 1. The van der Waals surface area contributed by atoms with E-state index in [1.54, 1.807) is 4.31 Å². The summed E-state index contributed by atoms with van der Waals surface area (Å²) >= 11 is 0. The SMILES string of the molecule is CCCCCS(=O)(=O)N1CCN(CC(=O)N2CCCC3CCCCC32)CC1. The molecule has 3 rings (SSSR count). The van der Waals surface area contributed by atoms with E-state index in [-0.39, 0.29) is 11.7 Å². The van der Waals surface area contributed by atoms with Crippen molar-refractivity contribution >= 4 is 15.9 Å². The molecule has 1 saturated carbocycles. The van der Waals surface area contributed by atoms with Gasteiger partial charge in [-0.25, -0.2) is 8.42 Å². The molecule has 2 aliphatic heterocycles. The van der Waals surface area contributed by atoms with Gasteiger partial charge in [0.25, 0.3) is 0 Å². The first-order chi connectivity index (χ1) is 13.0. The van der Waals surface area contributed by atoms with Gasteiger partial charge in [-0.15, -0.1) is 0 Å². The Balaban J connectivity index is 1.46. The molecular formula is C20H37N3O3S. The molecule has 1 aliphatic carbocycles. The molecule has 3 aliphatic rings. The molecule has 3 fully saturated rings. The summed E-state index contributed by atoms with van der Waals surface area (Å²) in [7, 11) is -3.13. The maximum Gasteiger partial charge on any atom is 0.237 e. The molecule has 0 aromatic rings. The Labute approximate surface area is 165 Å². The first-order valence-electron chi connectivity index (χ1n) is 11.0. The lowest BCUT2D eigenvalue weighted by molar-refractivity contribution is -0.139. The summed E-state index contributed by atoms with van der Waals surface area (Å²) in [5, 5.41) is 0. The van der Waals surface area contributed by atoms with Crippen LogP contribution in [0.3, 0.4) is 0 Å². The number of amides is 1. The zero-order chi connectivity index (χ0) is 19.3. The van der Waals surface area contributed by atoms with Crippen LogP contribution in [0.15, 0.2) is 0 Å². The van der Waals surface area contributed by atoms with E-state index >= 15 is 0 Å². The minimum Gasteiger partial charge on any atom is -0.338 e. The third-order valence-electron chi connectivity index (χ3n) is 6.65. The van der Waals surface area contributed by atoms with Gasteiger partial charge in [0.05, 0.1) is 12.3 Å². The largest absolute Gasteiger partial charge is 0.338 e. The zero-order valence-corrected chi connectivity index (χ0v) is 17.8. The number of carbonyl (C=O) groups is 1. The number of hydrogen-bond acceptors (Lipinski definition) is 4. The van der Waals surface area contributed by atoms with Crippen LogP contribution in [0.2, 0.25) is 0 Å². The van der Waals surface area contributed by atoms with Crippen molar-refractivity contribution in [2.24, 2.45) is 5.92 Å². The van der Waals surface area contributed by atoms with Crippen molar-refractivity contribution in [1.82, 2.24) is 14.1 Å². The zero-order valence-electron chi connectivity index (χ0n) is 16.9. The highest BCUT2D eigenvalue weighted by Crippen LogP contribution is 2.35. The fourth-order valence-electron chi connectivity index (χ4n) is 5.05. The third-order valence-corrected chi connectivity index (χ3v) is 8.61. The number of rotatable bonds is 7. The Morgan fingerprint density at radius 1 is 0.926 bits per heavy atom. The molecule has 0 N–H and O–H groups in total. The standard InChI is InChI=1S/C20H37N3O3S/c1-2-3-6-16-27(25,26)22-14-12-21(13-15-22)17-20(24)23-11-7-9-18-8-4-5-10-19(18)23/h18-19H,2-17H2,1H3. The molecule has 1 amide bonds. The number of likely N-dealkylation sites (tertiary alicyclic amines) is 1. The van der Waals surface area contributed by atoms with Crippen LogP contribution in [0.1, 0.15) is 64.7 Å². The van der Waals surface area contributed by atoms with Crippen molar-refractivity contribution in [2.75, 3.05) is 45.0 Å². The summed E-state index contributed by atoms with van der Waals surface area (Å²) < 4.78 is 26.5. The number of hydrogen-bond donors (Lipinski definition) is 0. The molecule has 0 radical (unpaired) electrons. The number of unbranched alkanes of at least 4 members (excludes halogenated alkanes) is 2. The summed E-state index contributed by atoms with van der Waals surface area (Å²) in [6, 6.07) is 0.459. The number of carbonyl (C=O) groups excluding carboxylic acids is 1. The Hall–Kier alpha value is -0.660. The molecule has 0 bridgehead atoms. The normalized spacial score (nSPS) is 28.1. The maximum absolute atomic E-state index is 12.9. The first-order valence-corrected chi connectivity index (χ1v) is 12.6. The molecule has 0 spiro atoms. The van der Waals surface area contributed by atoms with Crippen LogP contribution in [0.25, 0.3) is 0 Å². The summed E-state index contributed by atoms with van der Waals surface area (Å²) in [6.07, 6.45) is 10.2. The average Bonchev–Trinajstić information content (AvgIpc) is 2.68. The van der Waals surface area contributed by atoms with Crippen LogP contribution < -0.4 is 0 Å². The Bertz CT molecular complexity index is 585. The number of nitrogens with zero attached hydrogens (tertiary/aromatic N) is 3. The van der Waals surface area contributed by atoms with Crippen molar-refractivity contribution < 1.29 is 13.2 Å². The van der Waals surface area contributed by atoms with Crippen molar-refractivity contribution in [1.29, 1.82) is 0 Å². The van der Waals surface area contributed by atoms with Crippen molar-refractivity contribution in [2.45, 2.75) is 70.8 Å². The monoisotopic (exact) mass is 399 g/mol. The molecule has 27 heavy (non-hydrogen) atoms. The first kappa shape index (κ1) is 21.1. The summed E-state index contributed by atoms with van der Waals surface area (Å²) in [5.41, 5.74) is 0. The topological polar surface area (TPSA) is 60.9 Å². The number of piperidine rings is 1. The molecule has 7 heteroatoms. The second-order valence-electron chi connectivity index (χ2n) is 8.54. The van der Waals surface area contributed by atoms with E-state index in [0.29, 0.717) is 44.7 Å². The number of piperazine rings is 1. The van der Waals surface area contributed by atoms with Gasteiger partial charge in [0.2, 0.25) is 15.9 Å². The second-order valence-corrected chi connectivity index (χ2v) is 10.6. The lowest BCUT2D eigenvalue weighted by Crippen LogP contribution is -2.55. The van der Waals surface area contributed by atoms with Crippen LogP contribution in [-0.4, -0.2) is 79.5 Å². The molecule has 6 nitrogen and oxygen atoms in total. The van der Waals surface area contributed by atoms with Gasteiger partial charge in [0.1, 0.15) is 0 Å². The van der Waals surface area contributed by atoms with Gasteiger partial charge in [0, 0.05) is 38.8 Å². The Kier molecular flexibility index (Phi) is 7.57. The van der Waals surface area contributed by atoms with Gasteiger partial charge in [-0.3, -0.25) is 9.69 Å². The van der Waals surface area contributed by atoms with Gasteiger partial charge < -0.3 is 4.90 Å². The van der Waals surface area contributed by atoms with Crippen LogP contribution >= 0.6 is 0 Å². The molecular weight excluding hydrogens is 362 g/mol. The van der Waals surface area contributed by atoms with Crippen molar-refractivity contribution in [3.05, 3.63) is 0 Å². The summed E-state index contributed by atoms with van der Waals surface area (Å²) in [4.78, 5) is 17.2. The molecule has 0 aromatic carbocycles. The van der Waals surface area contributed by atoms with Gasteiger partial charge in [-0.05, 0) is 38.0 Å². The smallest absolute Gasteiger partial charge is 0.237 e. The molecule has 156 valence electrons. The minimum atomic E-state index is -3.13. The van der Waals surface area contributed by atoms with E-state index in [2.05, 4.69) is 16.7 Å². The van der Waals surface area contributed by atoms with Crippen molar-refractivity contribution in [3.63, 3.8) is 0 Å². The van der Waals surface area contributed by atoms with E-state index in [0.717, 1.165) is 32.2 Å². The quantitative estimate of drug-likeness (QED) is 0.617. The molecule has 2 saturated heterocycles. The van der Waals surface area contributed by atoms with E-state index in [1.807, 2.05) is 0 Å². The van der Waals surface area contributed by atoms with E-state index in [4.69, 9.17) is 0 Å². The third kappa shape index (κ3) is 5.45. The van der Waals surface area contributed by atoms with Crippen LogP contribution in [0.5, 0.6) is 0 Å². The van der Waals surface area contributed by atoms with Crippen LogP contribution in [0, 0.1) is 5.92 Å². The molecule has 2 unspecified atom stereocenters. The second kappa shape index (κ2) is 9.70. The lowest BCUT2D eigenvalue weighted by atomic mass is 9.78. The minimum absolute atomic E-state index is 0.255. The number of sulfonamides is 1. The lowest BCUT2D eigenvalue weighted by Gasteiger charge is -2.45. The van der Waals surface area contributed by atoms with Gasteiger partial charge in [0.15, 0.2) is 0 Å². The summed E-state index contributed by atoms with van der Waals surface area (Å²) in [5.74, 6) is 1.23. The fourth-order valence-corrected chi connectivity index (χ4v) is 6.59.